The summed E-state index contributed by atoms with van der Waals surface area (Å²) < 4.78 is 18.3. The molecule has 0 heterocycles. The van der Waals surface area contributed by atoms with Crippen molar-refractivity contribution in [1.29, 1.82) is 0 Å². The first-order valence-electron chi connectivity index (χ1n) is 5.96. The fourth-order valence-electron chi connectivity index (χ4n) is 1.92. The van der Waals surface area contributed by atoms with Gasteiger partial charge in [-0.3, -0.25) is 0 Å². The number of rotatable bonds is 4. The van der Waals surface area contributed by atoms with E-state index in [2.05, 4.69) is 5.32 Å². The second kappa shape index (κ2) is 5.93. The van der Waals surface area contributed by atoms with E-state index in [4.69, 9.17) is 16.3 Å². The minimum atomic E-state index is -0.326. The van der Waals surface area contributed by atoms with Crippen LogP contribution in [0.15, 0.2) is 42.5 Å². The summed E-state index contributed by atoms with van der Waals surface area (Å²) >= 11 is 6.15. The van der Waals surface area contributed by atoms with E-state index in [0.717, 1.165) is 11.3 Å². The van der Waals surface area contributed by atoms with Crippen LogP contribution in [0.3, 0.4) is 0 Å². The fraction of sp³-hybridized carbons (Fsp3) is 0.200. The Morgan fingerprint density at radius 3 is 2.63 bits per heavy atom. The first-order chi connectivity index (χ1) is 9.11. The molecule has 2 nitrogen and oxygen atoms in total. The summed E-state index contributed by atoms with van der Waals surface area (Å²) in [5.74, 6) is 0.145. The van der Waals surface area contributed by atoms with Crippen LogP contribution in [0.5, 0.6) is 5.75 Å². The van der Waals surface area contributed by atoms with E-state index in [9.17, 15) is 4.39 Å². The van der Waals surface area contributed by atoms with Crippen LogP contribution in [-0.4, -0.2) is 7.11 Å². The molecule has 0 fully saturated rings. The lowest BCUT2D eigenvalue weighted by molar-refractivity contribution is 0.412. The maximum atomic E-state index is 13.1. The highest BCUT2D eigenvalue weighted by molar-refractivity contribution is 6.31. The Labute approximate surface area is 117 Å². The van der Waals surface area contributed by atoms with E-state index >= 15 is 0 Å². The summed E-state index contributed by atoms with van der Waals surface area (Å²) in [6.07, 6.45) is 0. The van der Waals surface area contributed by atoms with Crippen molar-refractivity contribution in [3.05, 3.63) is 58.9 Å². The zero-order chi connectivity index (χ0) is 13.8. The quantitative estimate of drug-likeness (QED) is 0.879. The summed E-state index contributed by atoms with van der Waals surface area (Å²) in [4.78, 5) is 0. The van der Waals surface area contributed by atoms with Crippen molar-refractivity contribution in [3.63, 3.8) is 0 Å². The van der Waals surface area contributed by atoms with Crippen molar-refractivity contribution in [1.82, 2.24) is 0 Å². The molecule has 19 heavy (non-hydrogen) atoms. The average Bonchev–Trinajstić information content (AvgIpc) is 2.41. The van der Waals surface area contributed by atoms with Crippen molar-refractivity contribution in [2.24, 2.45) is 0 Å². The predicted molar refractivity (Wildman–Crippen MR) is 76.4 cm³/mol. The minimum absolute atomic E-state index is 0.00642. The van der Waals surface area contributed by atoms with E-state index in [1.165, 1.54) is 19.2 Å². The van der Waals surface area contributed by atoms with E-state index < -0.39 is 0 Å². The van der Waals surface area contributed by atoms with Crippen molar-refractivity contribution in [2.75, 3.05) is 12.4 Å². The molecule has 0 spiro atoms. The lowest BCUT2D eigenvalue weighted by Crippen LogP contribution is -2.08. The zero-order valence-corrected chi connectivity index (χ0v) is 11.5. The number of nitrogens with one attached hydrogen (secondary N) is 1. The molecule has 0 radical (unpaired) electrons. The van der Waals surface area contributed by atoms with E-state index in [1.54, 1.807) is 6.07 Å². The van der Waals surface area contributed by atoms with Gasteiger partial charge in [-0.1, -0.05) is 29.8 Å². The van der Waals surface area contributed by atoms with Crippen molar-refractivity contribution in [3.8, 4) is 5.75 Å². The molecule has 1 atom stereocenters. The van der Waals surface area contributed by atoms with Gasteiger partial charge in [0.15, 0.2) is 0 Å². The molecular weight excluding hydrogens is 265 g/mol. The average molecular weight is 280 g/mol. The number of hydrogen-bond donors (Lipinski definition) is 1. The van der Waals surface area contributed by atoms with Gasteiger partial charge >= 0.3 is 0 Å². The molecule has 0 bridgehead atoms. The first kappa shape index (κ1) is 13.7. The highest BCUT2D eigenvalue weighted by atomic mass is 35.5. The maximum Gasteiger partial charge on any atom is 0.144 e. The number of ether oxygens (including phenoxy) is 1. The number of hydrogen-bond acceptors (Lipinski definition) is 2. The SMILES string of the molecule is COc1cc(F)ccc1NC(C)c1ccccc1Cl. The lowest BCUT2D eigenvalue weighted by Gasteiger charge is -2.18. The molecule has 2 aromatic rings. The second-order valence-corrected chi connectivity index (χ2v) is 4.64. The second-order valence-electron chi connectivity index (χ2n) is 4.23. The highest BCUT2D eigenvalue weighted by Gasteiger charge is 2.11. The molecule has 0 saturated carbocycles. The molecule has 0 aliphatic rings. The monoisotopic (exact) mass is 279 g/mol. The van der Waals surface area contributed by atoms with Crippen LogP contribution in [0, 0.1) is 5.82 Å². The third kappa shape index (κ3) is 3.18. The summed E-state index contributed by atoms with van der Waals surface area (Å²) in [6, 6.07) is 12.0. The smallest absolute Gasteiger partial charge is 0.144 e. The maximum absolute atomic E-state index is 13.1. The van der Waals surface area contributed by atoms with Gasteiger partial charge in [-0.2, -0.15) is 0 Å². The number of anilines is 1. The van der Waals surface area contributed by atoms with Gasteiger partial charge in [0, 0.05) is 11.1 Å². The van der Waals surface area contributed by atoms with Gasteiger partial charge in [0.1, 0.15) is 11.6 Å². The number of methoxy groups -OCH3 is 1. The largest absolute Gasteiger partial charge is 0.494 e. The Kier molecular flexibility index (Phi) is 4.27. The van der Waals surface area contributed by atoms with Crippen molar-refractivity contribution in [2.45, 2.75) is 13.0 Å². The molecule has 1 unspecified atom stereocenters. The lowest BCUT2D eigenvalue weighted by atomic mass is 10.1. The van der Waals surface area contributed by atoms with Gasteiger partial charge in [-0.25, -0.2) is 4.39 Å². The molecule has 2 aromatic carbocycles. The summed E-state index contributed by atoms with van der Waals surface area (Å²) in [6.45, 7) is 1.99. The molecule has 0 aliphatic heterocycles. The van der Waals surface area contributed by atoms with Gasteiger partial charge in [0.2, 0.25) is 0 Å². The normalized spacial score (nSPS) is 12.0. The van der Waals surface area contributed by atoms with Crippen molar-refractivity contribution < 1.29 is 9.13 Å². The Hall–Kier alpha value is -1.74. The van der Waals surface area contributed by atoms with Crippen LogP contribution in [0.25, 0.3) is 0 Å². The molecule has 1 N–H and O–H groups in total. The molecule has 0 saturated heterocycles. The topological polar surface area (TPSA) is 21.3 Å². The molecule has 2 rings (SSSR count). The van der Waals surface area contributed by atoms with E-state index in [1.807, 2.05) is 31.2 Å². The van der Waals surface area contributed by atoms with Crippen molar-refractivity contribution >= 4 is 17.3 Å². The molecule has 4 heteroatoms. The van der Waals surface area contributed by atoms with Crippen LogP contribution >= 0.6 is 11.6 Å². The Morgan fingerprint density at radius 2 is 1.95 bits per heavy atom. The number of halogens is 2. The summed E-state index contributed by atoms with van der Waals surface area (Å²) in [7, 11) is 1.51. The Bertz CT molecular complexity index is 574. The van der Waals surface area contributed by atoms with Gasteiger partial charge in [0.25, 0.3) is 0 Å². The minimum Gasteiger partial charge on any atom is -0.494 e. The summed E-state index contributed by atoms with van der Waals surface area (Å²) in [5, 5.41) is 3.97. The van der Waals surface area contributed by atoms with Crippen LogP contribution in [0.1, 0.15) is 18.5 Å². The molecular formula is C15H15ClFNO. The van der Waals surface area contributed by atoms with Gasteiger partial charge in [0.05, 0.1) is 18.8 Å². The van der Waals surface area contributed by atoms with Crippen LogP contribution < -0.4 is 10.1 Å². The summed E-state index contributed by atoms with van der Waals surface area (Å²) in [5.41, 5.74) is 1.71. The third-order valence-corrected chi connectivity index (χ3v) is 3.25. The molecule has 100 valence electrons. The third-order valence-electron chi connectivity index (χ3n) is 2.91. The standard InChI is InChI=1S/C15H15ClFNO/c1-10(12-5-3-4-6-13(12)16)18-14-8-7-11(17)9-15(14)19-2/h3-10,18H,1-2H3. The first-order valence-corrected chi connectivity index (χ1v) is 6.34. The van der Waals surface area contributed by atoms with Gasteiger partial charge < -0.3 is 10.1 Å². The van der Waals surface area contributed by atoms with Crippen LogP contribution in [0.4, 0.5) is 10.1 Å². The molecule has 0 aliphatic carbocycles. The number of benzene rings is 2. The highest BCUT2D eigenvalue weighted by Crippen LogP contribution is 2.31. The molecule has 0 amide bonds. The fourth-order valence-corrected chi connectivity index (χ4v) is 2.22. The molecule has 0 aromatic heterocycles. The Morgan fingerprint density at radius 1 is 1.21 bits per heavy atom. The van der Waals surface area contributed by atoms with Gasteiger partial charge in [-0.05, 0) is 30.7 Å². The van der Waals surface area contributed by atoms with Crippen LogP contribution in [-0.2, 0) is 0 Å². The zero-order valence-electron chi connectivity index (χ0n) is 10.8. The Balaban J connectivity index is 2.24. The van der Waals surface area contributed by atoms with Crippen LogP contribution in [0.2, 0.25) is 5.02 Å². The van der Waals surface area contributed by atoms with E-state index in [0.29, 0.717) is 10.8 Å². The van der Waals surface area contributed by atoms with E-state index in [-0.39, 0.29) is 11.9 Å². The van der Waals surface area contributed by atoms with Gasteiger partial charge in [-0.15, -0.1) is 0 Å². The predicted octanol–water partition coefficient (Wildman–Crippen LogP) is 4.66.